The Morgan fingerprint density at radius 3 is 2.26 bits per heavy atom. The molecular formula is C21H30N4O2. The van der Waals surface area contributed by atoms with Crippen LogP contribution in [0.4, 0.5) is 10.5 Å². The van der Waals surface area contributed by atoms with Gasteiger partial charge in [0.15, 0.2) is 0 Å². The van der Waals surface area contributed by atoms with Crippen molar-refractivity contribution in [3.63, 3.8) is 0 Å². The van der Waals surface area contributed by atoms with Gasteiger partial charge in [0.2, 0.25) is 0 Å². The van der Waals surface area contributed by atoms with Crippen LogP contribution in [0.2, 0.25) is 0 Å². The second-order valence-electron chi connectivity index (χ2n) is 8.53. The number of amides is 1. The van der Waals surface area contributed by atoms with Crippen molar-refractivity contribution >= 4 is 22.8 Å². The van der Waals surface area contributed by atoms with Gasteiger partial charge in [0, 0.05) is 13.1 Å². The van der Waals surface area contributed by atoms with Crippen molar-refractivity contribution in [1.82, 2.24) is 14.9 Å². The average molecular weight is 370 g/mol. The first-order valence-electron chi connectivity index (χ1n) is 9.57. The largest absolute Gasteiger partial charge is 0.444 e. The molecule has 1 fully saturated rings. The predicted octanol–water partition coefficient (Wildman–Crippen LogP) is 4.08. The summed E-state index contributed by atoms with van der Waals surface area (Å²) in [6.45, 7) is 15.3. The summed E-state index contributed by atoms with van der Waals surface area (Å²) in [5.74, 6) is 0. The first-order valence-corrected chi connectivity index (χ1v) is 9.57. The standard InChI is InChI=1S/C21H30N4O2/c1-13-11-24(12-14(2)25(13)20(26)27-21(5,6)7)18-10-8-9-17-19(18)23-16(4)15(3)22-17/h8-10,13-14H,11-12H2,1-7H3. The van der Waals surface area contributed by atoms with Crippen molar-refractivity contribution < 1.29 is 9.53 Å². The summed E-state index contributed by atoms with van der Waals surface area (Å²) >= 11 is 0. The van der Waals surface area contributed by atoms with Gasteiger partial charge in [0.1, 0.15) is 11.1 Å². The Labute approximate surface area is 161 Å². The van der Waals surface area contributed by atoms with E-state index in [-0.39, 0.29) is 18.2 Å². The molecule has 1 aliphatic rings. The van der Waals surface area contributed by atoms with Crippen molar-refractivity contribution in [2.24, 2.45) is 0 Å². The Kier molecular flexibility index (Phi) is 5.02. The lowest BCUT2D eigenvalue weighted by Gasteiger charge is -2.45. The highest BCUT2D eigenvalue weighted by Crippen LogP contribution is 2.29. The zero-order valence-corrected chi connectivity index (χ0v) is 17.4. The molecule has 27 heavy (non-hydrogen) atoms. The number of aryl methyl sites for hydroxylation is 2. The number of benzene rings is 1. The van der Waals surface area contributed by atoms with E-state index in [1.54, 1.807) is 0 Å². The van der Waals surface area contributed by atoms with Crippen LogP contribution >= 0.6 is 0 Å². The highest BCUT2D eigenvalue weighted by atomic mass is 16.6. The monoisotopic (exact) mass is 370 g/mol. The molecule has 0 radical (unpaired) electrons. The van der Waals surface area contributed by atoms with E-state index < -0.39 is 5.60 Å². The van der Waals surface area contributed by atoms with Gasteiger partial charge in [-0.2, -0.15) is 0 Å². The first kappa shape index (κ1) is 19.4. The van der Waals surface area contributed by atoms with Crippen molar-refractivity contribution in [2.75, 3.05) is 18.0 Å². The maximum absolute atomic E-state index is 12.6. The fourth-order valence-corrected chi connectivity index (χ4v) is 3.68. The molecule has 2 atom stereocenters. The van der Waals surface area contributed by atoms with E-state index in [9.17, 15) is 4.79 Å². The van der Waals surface area contributed by atoms with Crippen molar-refractivity contribution in [2.45, 2.75) is 66.2 Å². The highest BCUT2D eigenvalue weighted by molar-refractivity contribution is 5.88. The van der Waals surface area contributed by atoms with Crippen LogP contribution in [0.25, 0.3) is 11.0 Å². The second-order valence-corrected chi connectivity index (χ2v) is 8.53. The molecule has 6 heteroatoms. The summed E-state index contributed by atoms with van der Waals surface area (Å²) < 4.78 is 5.60. The quantitative estimate of drug-likeness (QED) is 0.757. The number of rotatable bonds is 1. The second kappa shape index (κ2) is 6.98. The minimum Gasteiger partial charge on any atom is -0.444 e. The van der Waals surface area contributed by atoms with Gasteiger partial charge in [-0.05, 0) is 60.6 Å². The van der Waals surface area contributed by atoms with Gasteiger partial charge in [0.25, 0.3) is 0 Å². The Hall–Kier alpha value is -2.37. The van der Waals surface area contributed by atoms with Crippen LogP contribution in [0.1, 0.15) is 46.0 Å². The predicted molar refractivity (Wildman–Crippen MR) is 108 cm³/mol. The third-order valence-electron chi connectivity index (χ3n) is 4.95. The van der Waals surface area contributed by atoms with Gasteiger partial charge in [-0.25, -0.2) is 14.8 Å². The fraction of sp³-hybridized carbons (Fsp3) is 0.571. The van der Waals surface area contributed by atoms with Crippen LogP contribution < -0.4 is 4.90 Å². The maximum atomic E-state index is 12.6. The lowest BCUT2D eigenvalue weighted by Crippen LogP contribution is -2.59. The summed E-state index contributed by atoms with van der Waals surface area (Å²) in [4.78, 5) is 26.3. The third kappa shape index (κ3) is 3.99. The molecule has 1 aromatic carbocycles. The van der Waals surface area contributed by atoms with E-state index in [2.05, 4.69) is 29.8 Å². The summed E-state index contributed by atoms with van der Waals surface area (Å²) in [6, 6.07) is 6.20. The summed E-state index contributed by atoms with van der Waals surface area (Å²) in [5.41, 5.74) is 4.32. The Morgan fingerprint density at radius 2 is 1.67 bits per heavy atom. The summed E-state index contributed by atoms with van der Waals surface area (Å²) in [7, 11) is 0. The topological polar surface area (TPSA) is 58.6 Å². The van der Waals surface area contributed by atoms with Gasteiger partial charge in [-0.3, -0.25) is 4.90 Å². The number of hydrogen-bond donors (Lipinski definition) is 0. The summed E-state index contributed by atoms with van der Waals surface area (Å²) in [5, 5.41) is 0. The number of carbonyl (C=O) groups excluding carboxylic acids is 1. The van der Waals surface area contributed by atoms with Crippen molar-refractivity contribution in [3.8, 4) is 0 Å². The SMILES string of the molecule is Cc1nc2cccc(N3CC(C)N(C(=O)OC(C)(C)C)C(C)C3)c2nc1C. The molecule has 0 spiro atoms. The van der Waals surface area contributed by atoms with Gasteiger partial charge in [0.05, 0.1) is 34.7 Å². The zero-order chi connectivity index (χ0) is 19.9. The highest BCUT2D eigenvalue weighted by Gasteiger charge is 2.36. The van der Waals surface area contributed by atoms with Crippen LogP contribution in [0, 0.1) is 13.8 Å². The molecule has 1 aliphatic heterocycles. The third-order valence-corrected chi connectivity index (χ3v) is 4.95. The Balaban J connectivity index is 1.88. The molecule has 0 N–H and O–H groups in total. The first-order chi connectivity index (χ1) is 12.6. The van der Waals surface area contributed by atoms with Gasteiger partial charge >= 0.3 is 6.09 Å². The molecule has 3 rings (SSSR count). The Bertz CT molecular complexity index is 847. The molecule has 0 bridgehead atoms. The number of nitrogens with zero attached hydrogens (tertiary/aromatic N) is 4. The van der Waals surface area contributed by atoms with Gasteiger partial charge in [-0.1, -0.05) is 6.07 Å². The number of piperazine rings is 1. The van der Waals surface area contributed by atoms with Crippen LogP contribution in [0.3, 0.4) is 0 Å². The molecular weight excluding hydrogens is 340 g/mol. The molecule has 146 valence electrons. The number of aromatic nitrogens is 2. The summed E-state index contributed by atoms with van der Waals surface area (Å²) in [6.07, 6.45) is -0.244. The fourth-order valence-electron chi connectivity index (χ4n) is 3.68. The van der Waals surface area contributed by atoms with E-state index >= 15 is 0 Å². The molecule has 6 nitrogen and oxygen atoms in total. The molecule has 0 aliphatic carbocycles. The van der Waals surface area contributed by atoms with Crippen molar-refractivity contribution in [3.05, 3.63) is 29.6 Å². The number of anilines is 1. The van der Waals surface area contributed by atoms with E-state index in [1.807, 2.05) is 51.7 Å². The maximum Gasteiger partial charge on any atom is 0.410 e. The molecule has 2 aromatic rings. The Morgan fingerprint density at radius 1 is 1.07 bits per heavy atom. The zero-order valence-electron chi connectivity index (χ0n) is 17.4. The van der Waals surface area contributed by atoms with Gasteiger partial charge < -0.3 is 9.64 Å². The number of carbonyl (C=O) groups is 1. The normalized spacial score (nSPS) is 20.9. The lowest BCUT2D eigenvalue weighted by atomic mass is 10.1. The van der Waals surface area contributed by atoms with Crippen LogP contribution in [0.5, 0.6) is 0 Å². The van der Waals surface area contributed by atoms with Crippen LogP contribution in [-0.4, -0.2) is 51.7 Å². The number of para-hydroxylation sites is 1. The van der Waals surface area contributed by atoms with Gasteiger partial charge in [-0.15, -0.1) is 0 Å². The molecule has 2 heterocycles. The molecule has 1 saturated heterocycles. The van der Waals surface area contributed by atoms with Crippen LogP contribution in [0.15, 0.2) is 18.2 Å². The van der Waals surface area contributed by atoms with E-state index in [0.29, 0.717) is 0 Å². The lowest BCUT2D eigenvalue weighted by molar-refractivity contribution is 0.00568. The molecule has 0 saturated carbocycles. The molecule has 1 aromatic heterocycles. The number of hydrogen-bond acceptors (Lipinski definition) is 5. The van der Waals surface area contributed by atoms with E-state index in [4.69, 9.17) is 9.72 Å². The minimum atomic E-state index is -0.492. The average Bonchev–Trinajstić information content (AvgIpc) is 2.53. The minimum absolute atomic E-state index is 0.0401. The smallest absolute Gasteiger partial charge is 0.410 e. The van der Waals surface area contributed by atoms with Crippen molar-refractivity contribution in [1.29, 1.82) is 0 Å². The molecule has 2 unspecified atom stereocenters. The number of fused-ring (bicyclic) bond motifs is 1. The van der Waals surface area contributed by atoms with Crippen LogP contribution in [-0.2, 0) is 4.74 Å². The molecule has 1 amide bonds. The van der Waals surface area contributed by atoms with E-state index in [0.717, 1.165) is 41.2 Å². The van der Waals surface area contributed by atoms with E-state index in [1.165, 1.54) is 0 Å². The number of ether oxygens (including phenoxy) is 1.